The molecule has 3 rings (SSSR count). The first-order valence-corrected chi connectivity index (χ1v) is 14.4. The Balaban J connectivity index is 0.000000804. The van der Waals surface area contributed by atoms with E-state index in [0.717, 1.165) is 11.1 Å². The van der Waals surface area contributed by atoms with Gasteiger partial charge in [0.15, 0.2) is 0 Å². The maximum absolute atomic E-state index is 13.0. The number of anilines is 1. The van der Waals surface area contributed by atoms with Crippen molar-refractivity contribution in [3.8, 4) is 0 Å². The van der Waals surface area contributed by atoms with Gasteiger partial charge in [-0.1, -0.05) is 50.6 Å². The molecule has 0 fully saturated rings. The number of aryl methyl sites for hydroxylation is 1. The molecule has 2 N–H and O–H groups in total. The Morgan fingerprint density at radius 1 is 1.21 bits per heavy atom. The zero-order valence-electron chi connectivity index (χ0n) is 25.4. The quantitative estimate of drug-likeness (QED) is 0.230. The fraction of sp³-hybridized carbons (Fsp3) is 0.469. The minimum Gasteiger partial charge on any atom is -0.378 e. The fourth-order valence-corrected chi connectivity index (χ4v) is 4.20. The number of hydrogen-bond acceptors (Lipinski definition) is 6. The molecule has 2 atom stereocenters. The van der Waals surface area contributed by atoms with Gasteiger partial charge in [-0.2, -0.15) is 13.2 Å². The number of alkyl halides is 3. The minimum atomic E-state index is -4.48. The summed E-state index contributed by atoms with van der Waals surface area (Å²) >= 11 is 0. The molecular formula is C32H42F3N5O3. The topological polar surface area (TPSA) is 108 Å². The Hall–Kier alpha value is -3.70. The first-order chi connectivity index (χ1) is 20.3. The van der Waals surface area contributed by atoms with Gasteiger partial charge in [0.2, 0.25) is 5.91 Å². The number of nitrogens with one attached hydrogen (secondary N) is 1. The van der Waals surface area contributed by atoms with Gasteiger partial charge in [0.1, 0.15) is 12.0 Å². The van der Waals surface area contributed by atoms with Crippen LogP contribution < -0.4 is 5.32 Å². The lowest BCUT2D eigenvalue weighted by molar-refractivity contribution is -0.175. The Labute approximate surface area is 251 Å². The van der Waals surface area contributed by atoms with Crippen LogP contribution in [0.4, 0.5) is 19.0 Å². The number of aliphatic hydroxyl groups excluding tert-OH is 1. The van der Waals surface area contributed by atoms with Gasteiger partial charge in [-0.05, 0) is 62.8 Å². The second-order valence-corrected chi connectivity index (χ2v) is 10.7. The average molecular weight is 602 g/mol. The van der Waals surface area contributed by atoms with Gasteiger partial charge in [0.25, 0.3) is 5.91 Å². The van der Waals surface area contributed by atoms with E-state index in [4.69, 9.17) is 0 Å². The van der Waals surface area contributed by atoms with Gasteiger partial charge in [-0.25, -0.2) is 9.98 Å². The molecule has 11 heteroatoms. The molecule has 0 aromatic carbocycles. The van der Waals surface area contributed by atoms with Crippen LogP contribution in [0.15, 0.2) is 65.5 Å². The number of rotatable bonds is 11. The molecule has 2 aromatic rings. The van der Waals surface area contributed by atoms with Crippen molar-refractivity contribution in [3.63, 3.8) is 0 Å². The molecule has 1 aliphatic carbocycles. The molecule has 2 unspecified atom stereocenters. The number of carbonyl (C=O) groups is 2. The van der Waals surface area contributed by atoms with Crippen LogP contribution >= 0.6 is 0 Å². The van der Waals surface area contributed by atoms with Crippen molar-refractivity contribution in [1.29, 1.82) is 0 Å². The molecule has 8 nitrogen and oxygen atoms in total. The van der Waals surface area contributed by atoms with Crippen LogP contribution in [0.5, 0.6) is 0 Å². The van der Waals surface area contributed by atoms with E-state index in [1.807, 2.05) is 6.92 Å². The zero-order valence-corrected chi connectivity index (χ0v) is 25.4. The van der Waals surface area contributed by atoms with Crippen LogP contribution in [-0.4, -0.2) is 63.0 Å². The number of aliphatic hydroxyl groups is 1. The molecule has 0 bridgehead atoms. The first kappa shape index (κ1) is 35.5. The summed E-state index contributed by atoms with van der Waals surface area (Å²) in [5.74, 6) is -0.735. The van der Waals surface area contributed by atoms with Gasteiger partial charge in [0.05, 0.1) is 18.5 Å². The molecule has 234 valence electrons. The number of halogens is 3. The Kier molecular flexibility index (Phi) is 14.4. The smallest absolute Gasteiger partial charge is 0.378 e. The third kappa shape index (κ3) is 13.0. The molecule has 0 spiro atoms. The first-order valence-electron chi connectivity index (χ1n) is 14.4. The number of amides is 2. The summed E-state index contributed by atoms with van der Waals surface area (Å²) in [7, 11) is 0. The molecule has 0 aliphatic heterocycles. The Bertz CT molecular complexity index is 1280. The number of carbonyl (C=O) groups excluding carboxylic acids is 2. The van der Waals surface area contributed by atoms with Crippen LogP contribution in [0.1, 0.15) is 75.5 Å². The second-order valence-electron chi connectivity index (χ2n) is 10.7. The van der Waals surface area contributed by atoms with E-state index in [-0.39, 0.29) is 30.2 Å². The average Bonchev–Trinajstić information content (AvgIpc) is 2.96. The van der Waals surface area contributed by atoms with E-state index in [2.05, 4.69) is 45.4 Å². The minimum absolute atomic E-state index is 0.0320. The predicted molar refractivity (Wildman–Crippen MR) is 163 cm³/mol. The van der Waals surface area contributed by atoms with E-state index >= 15 is 0 Å². The lowest BCUT2D eigenvalue weighted by Gasteiger charge is -2.35. The molecule has 2 heterocycles. The summed E-state index contributed by atoms with van der Waals surface area (Å²) in [4.78, 5) is 38.0. The highest BCUT2D eigenvalue weighted by Crippen LogP contribution is 2.23. The highest BCUT2D eigenvalue weighted by molar-refractivity contribution is 5.99. The van der Waals surface area contributed by atoms with Crippen molar-refractivity contribution >= 4 is 23.8 Å². The zero-order chi connectivity index (χ0) is 32.0. The maximum atomic E-state index is 13.0. The number of aromatic nitrogens is 2. The van der Waals surface area contributed by atoms with E-state index in [1.54, 1.807) is 45.2 Å². The van der Waals surface area contributed by atoms with Crippen molar-refractivity contribution < 1.29 is 27.9 Å². The lowest BCUT2D eigenvalue weighted by Crippen LogP contribution is -2.49. The van der Waals surface area contributed by atoms with Gasteiger partial charge in [0, 0.05) is 36.8 Å². The molecular weight excluding hydrogens is 559 g/mol. The van der Waals surface area contributed by atoms with Crippen LogP contribution in [-0.2, 0) is 17.6 Å². The van der Waals surface area contributed by atoms with Crippen molar-refractivity contribution in [3.05, 3.63) is 77.3 Å². The molecule has 0 saturated carbocycles. The normalized spacial score (nSPS) is 14.7. The van der Waals surface area contributed by atoms with Crippen molar-refractivity contribution in [2.45, 2.75) is 85.2 Å². The summed E-state index contributed by atoms with van der Waals surface area (Å²) in [6, 6.07) is 6.09. The number of hydrogen-bond donors (Lipinski definition) is 2. The van der Waals surface area contributed by atoms with Gasteiger partial charge in [-0.3, -0.25) is 19.5 Å². The second kappa shape index (κ2) is 17.4. The monoisotopic (exact) mass is 601 g/mol. The van der Waals surface area contributed by atoms with Crippen molar-refractivity contribution in [2.75, 3.05) is 11.9 Å². The Morgan fingerprint density at radius 2 is 1.95 bits per heavy atom. The van der Waals surface area contributed by atoms with Gasteiger partial charge >= 0.3 is 6.18 Å². The number of nitrogens with zero attached hydrogens (tertiary/aromatic N) is 4. The fourth-order valence-electron chi connectivity index (χ4n) is 4.20. The largest absolute Gasteiger partial charge is 0.401 e. The van der Waals surface area contributed by atoms with Crippen LogP contribution in [0.25, 0.3) is 0 Å². The van der Waals surface area contributed by atoms with E-state index in [0.29, 0.717) is 23.5 Å². The number of aliphatic imine (C=N–C) groups is 1. The van der Waals surface area contributed by atoms with Crippen molar-refractivity contribution in [2.24, 2.45) is 10.9 Å². The van der Waals surface area contributed by atoms with Gasteiger partial charge in [-0.15, -0.1) is 0 Å². The number of allylic oxidation sites excluding steroid dienone is 4. The summed E-state index contributed by atoms with van der Waals surface area (Å²) in [6.45, 7) is 7.90. The molecule has 2 aromatic heterocycles. The third-order valence-corrected chi connectivity index (χ3v) is 6.90. The maximum Gasteiger partial charge on any atom is 0.401 e. The van der Waals surface area contributed by atoms with Crippen LogP contribution in [0.2, 0.25) is 0 Å². The lowest BCUT2D eigenvalue weighted by atomic mass is 10.0. The van der Waals surface area contributed by atoms with E-state index in [9.17, 15) is 27.9 Å². The third-order valence-electron chi connectivity index (χ3n) is 6.90. The summed E-state index contributed by atoms with van der Waals surface area (Å²) in [5.41, 5.74) is 2.82. The summed E-state index contributed by atoms with van der Waals surface area (Å²) < 4.78 is 39.0. The molecule has 0 radical (unpaired) electrons. The van der Waals surface area contributed by atoms with Gasteiger partial charge < -0.3 is 10.4 Å². The highest BCUT2D eigenvalue weighted by Gasteiger charge is 2.36. The summed E-state index contributed by atoms with van der Waals surface area (Å²) in [6.07, 6.45) is 7.28. The Morgan fingerprint density at radius 3 is 2.49 bits per heavy atom. The number of pyridine rings is 2. The SMILES string of the molecule is CC1=CC=CCC1.CCc1ncc(C(=O)N=CCC(O)N(CC(F)(F)F)C(C)C(C)C)cc1CC(=O)Nc1ccccn1. The molecule has 2 amide bonds. The van der Waals surface area contributed by atoms with Crippen molar-refractivity contribution in [1.82, 2.24) is 14.9 Å². The molecule has 1 aliphatic rings. The highest BCUT2D eigenvalue weighted by atomic mass is 19.4. The van der Waals surface area contributed by atoms with E-state index < -0.39 is 30.9 Å². The summed E-state index contributed by atoms with van der Waals surface area (Å²) in [5, 5.41) is 13.0. The molecule has 43 heavy (non-hydrogen) atoms. The van der Waals surface area contributed by atoms with Crippen LogP contribution in [0.3, 0.4) is 0 Å². The predicted octanol–water partition coefficient (Wildman–Crippen LogP) is 6.33. The standard InChI is InChI=1S/C25H32F3N5O3.C7H10/c1-5-20-18(13-22(34)32-21-8-6-7-10-29-21)12-19(14-31-20)24(36)30-11-9-23(35)33(15-25(26,27)28)17(4)16(2)3;1-7-5-3-2-4-6-7/h6-8,10-12,14,16-17,23,35H,5,9,13,15H2,1-4H3,(H,29,32,34);2-3,5H,4,6H2,1H3. The molecule has 0 saturated heterocycles. The van der Waals surface area contributed by atoms with E-state index in [1.165, 1.54) is 30.7 Å². The van der Waals surface area contributed by atoms with Crippen LogP contribution in [0, 0.1) is 5.92 Å².